The van der Waals surface area contributed by atoms with Gasteiger partial charge in [-0.25, -0.2) is 4.79 Å². The lowest BCUT2D eigenvalue weighted by atomic mass is 10.00. The molecule has 0 radical (unpaired) electrons. The second-order valence-corrected chi connectivity index (χ2v) is 4.72. The van der Waals surface area contributed by atoms with Gasteiger partial charge in [-0.3, -0.25) is 4.57 Å². The monoisotopic (exact) mass is 247 g/mol. The van der Waals surface area contributed by atoms with Gasteiger partial charge in [0.1, 0.15) is 0 Å². The van der Waals surface area contributed by atoms with Gasteiger partial charge in [0.2, 0.25) is 0 Å². The van der Waals surface area contributed by atoms with E-state index < -0.39 is 6.10 Å². The van der Waals surface area contributed by atoms with Crippen LogP contribution >= 0.6 is 0 Å². The van der Waals surface area contributed by atoms with Crippen molar-refractivity contribution in [1.29, 1.82) is 0 Å². The molecule has 2 heterocycles. The first-order valence-corrected chi connectivity index (χ1v) is 6.35. The maximum absolute atomic E-state index is 11.9. The number of aromatic amines is 1. The van der Waals surface area contributed by atoms with E-state index in [1.807, 2.05) is 25.1 Å². The summed E-state index contributed by atoms with van der Waals surface area (Å²) in [7, 11) is 0. The third kappa shape index (κ3) is 1.59. The molecule has 3 N–H and O–H groups in total. The van der Waals surface area contributed by atoms with Gasteiger partial charge in [-0.15, -0.1) is 0 Å². The molecule has 0 amide bonds. The molecule has 2 aromatic rings. The molecule has 5 heteroatoms. The molecule has 0 spiro atoms. The molecule has 18 heavy (non-hydrogen) atoms. The number of nitrogens with zero attached hydrogens (tertiary/aromatic N) is 1. The van der Waals surface area contributed by atoms with Crippen LogP contribution in [0.5, 0.6) is 0 Å². The zero-order chi connectivity index (χ0) is 12.7. The summed E-state index contributed by atoms with van der Waals surface area (Å²) >= 11 is 0. The van der Waals surface area contributed by atoms with E-state index in [1.54, 1.807) is 4.57 Å². The summed E-state index contributed by atoms with van der Waals surface area (Å²) < 4.78 is 1.73. The number of nitrogens with one attached hydrogen (secondary N) is 2. The number of para-hydroxylation sites is 1. The Kier molecular flexibility index (Phi) is 2.72. The average molecular weight is 247 g/mol. The molecule has 0 saturated carbocycles. The van der Waals surface area contributed by atoms with Crippen molar-refractivity contribution >= 4 is 11.0 Å². The first-order valence-electron chi connectivity index (χ1n) is 6.35. The molecule has 0 fully saturated rings. The summed E-state index contributed by atoms with van der Waals surface area (Å²) in [6.45, 7) is 3.46. The number of H-pyrrole nitrogens is 1. The molecular weight excluding hydrogens is 230 g/mol. The van der Waals surface area contributed by atoms with Crippen LogP contribution < -0.4 is 11.0 Å². The van der Waals surface area contributed by atoms with E-state index in [9.17, 15) is 9.90 Å². The maximum atomic E-state index is 11.9. The number of rotatable bonds is 2. The third-order valence-electron chi connectivity index (χ3n) is 3.65. The summed E-state index contributed by atoms with van der Waals surface area (Å²) in [6, 6.07) is 5.64. The van der Waals surface area contributed by atoms with Gasteiger partial charge in [-0.2, -0.15) is 0 Å². The van der Waals surface area contributed by atoms with Crippen molar-refractivity contribution in [3.63, 3.8) is 0 Å². The molecule has 1 aromatic carbocycles. The van der Waals surface area contributed by atoms with Crippen LogP contribution in [0.2, 0.25) is 0 Å². The smallest absolute Gasteiger partial charge is 0.326 e. The summed E-state index contributed by atoms with van der Waals surface area (Å²) in [5.41, 5.74) is 2.38. The largest absolute Gasteiger partial charge is 0.387 e. The number of hydrogen-bond donors (Lipinski definition) is 3. The maximum Gasteiger partial charge on any atom is 0.326 e. The first-order chi connectivity index (χ1) is 8.72. The zero-order valence-corrected chi connectivity index (χ0v) is 10.3. The number of aliphatic hydroxyl groups is 1. The molecule has 96 valence electrons. The number of imidazole rings is 1. The molecule has 0 aliphatic carbocycles. The molecule has 1 aliphatic rings. The van der Waals surface area contributed by atoms with Crippen LogP contribution in [0, 0.1) is 0 Å². The van der Waals surface area contributed by atoms with Gasteiger partial charge in [0.15, 0.2) is 0 Å². The number of aromatic nitrogens is 2. The highest BCUT2D eigenvalue weighted by Crippen LogP contribution is 2.29. The van der Waals surface area contributed by atoms with Gasteiger partial charge in [0.05, 0.1) is 17.1 Å². The van der Waals surface area contributed by atoms with E-state index in [2.05, 4.69) is 10.3 Å². The van der Waals surface area contributed by atoms with Gasteiger partial charge < -0.3 is 15.4 Å². The van der Waals surface area contributed by atoms with Crippen molar-refractivity contribution in [1.82, 2.24) is 14.9 Å². The van der Waals surface area contributed by atoms with Crippen LogP contribution in [0.1, 0.15) is 25.0 Å². The van der Waals surface area contributed by atoms with Gasteiger partial charge in [-0.05, 0) is 19.0 Å². The Hall–Kier alpha value is -1.59. The Morgan fingerprint density at radius 2 is 2.39 bits per heavy atom. The van der Waals surface area contributed by atoms with Crippen molar-refractivity contribution in [2.45, 2.75) is 32.0 Å². The molecule has 5 nitrogen and oxygen atoms in total. The van der Waals surface area contributed by atoms with Gasteiger partial charge in [0, 0.05) is 18.2 Å². The number of aliphatic hydroxyl groups excluding tert-OH is 1. The molecule has 2 unspecified atom stereocenters. The quantitative estimate of drug-likeness (QED) is 0.733. The fourth-order valence-corrected chi connectivity index (χ4v) is 2.82. The zero-order valence-electron chi connectivity index (χ0n) is 10.3. The van der Waals surface area contributed by atoms with Crippen molar-refractivity contribution in [3.8, 4) is 0 Å². The van der Waals surface area contributed by atoms with Crippen molar-refractivity contribution in [2.24, 2.45) is 0 Å². The van der Waals surface area contributed by atoms with E-state index >= 15 is 0 Å². The van der Waals surface area contributed by atoms with E-state index in [1.165, 1.54) is 0 Å². The van der Waals surface area contributed by atoms with Gasteiger partial charge >= 0.3 is 5.69 Å². The lowest BCUT2D eigenvalue weighted by Gasteiger charge is -2.21. The number of aryl methyl sites for hydroxylation is 1. The Morgan fingerprint density at radius 3 is 3.17 bits per heavy atom. The Labute approximate surface area is 104 Å². The van der Waals surface area contributed by atoms with Crippen LogP contribution in [0.4, 0.5) is 0 Å². The second-order valence-electron chi connectivity index (χ2n) is 4.72. The SMILES string of the molecule is CCNC1CCn2c(=O)[nH]c3cccc(c32)C1O. The van der Waals surface area contributed by atoms with E-state index in [0.29, 0.717) is 6.54 Å². The predicted octanol–water partition coefficient (Wildman–Crippen LogP) is 0.745. The molecular formula is C13H17N3O2. The third-order valence-corrected chi connectivity index (χ3v) is 3.65. The molecule has 3 rings (SSSR count). The number of benzene rings is 1. The molecule has 0 saturated heterocycles. The highest BCUT2D eigenvalue weighted by molar-refractivity contribution is 5.79. The minimum Gasteiger partial charge on any atom is -0.387 e. The number of likely N-dealkylation sites (N-methyl/N-ethyl adjacent to an activating group) is 1. The average Bonchev–Trinajstić information content (AvgIpc) is 2.61. The van der Waals surface area contributed by atoms with Crippen molar-refractivity contribution < 1.29 is 5.11 Å². The Morgan fingerprint density at radius 1 is 1.56 bits per heavy atom. The van der Waals surface area contributed by atoms with Crippen LogP contribution in [0.25, 0.3) is 11.0 Å². The van der Waals surface area contributed by atoms with Crippen molar-refractivity contribution in [3.05, 3.63) is 34.2 Å². The van der Waals surface area contributed by atoms with Gasteiger partial charge in [-0.1, -0.05) is 19.1 Å². The number of hydrogen-bond acceptors (Lipinski definition) is 3. The van der Waals surface area contributed by atoms with E-state index in [4.69, 9.17) is 0 Å². The Balaban J connectivity index is 2.21. The van der Waals surface area contributed by atoms with Crippen LogP contribution in [-0.4, -0.2) is 27.2 Å². The summed E-state index contributed by atoms with van der Waals surface area (Å²) in [4.78, 5) is 14.7. The summed E-state index contributed by atoms with van der Waals surface area (Å²) in [6.07, 6.45) is 0.175. The molecule has 0 bridgehead atoms. The second kappa shape index (κ2) is 4.26. The first kappa shape index (κ1) is 11.5. The topological polar surface area (TPSA) is 70.0 Å². The normalized spacial score (nSPS) is 23.2. The molecule has 1 aliphatic heterocycles. The highest BCUT2D eigenvalue weighted by Gasteiger charge is 2.27. The van der Waals surface area contributed by atoms with E-state index in [0.717, 1.165) is 29.6 Å². The van der Waals surface area contributed by atoms with Crippen LogP contribution in [0.3, 0.4) is 0 Å². The predicted molar refractivity (Wildman–Crippen MR) is 69.6 cm³/mol. The van der Waals surface area contributed by atoms with Crippen LogP contribution in [-0.2, 0) is 6.54 Å². The molecule has 1 aromatic heterocycles. The lowest BCUT2D eigenvalue weighted by Crippen LogP contribution is -2.35. The van der Waals surface area contributed by atoms with Crippen molar-refractivity contribution in [2.75, 3.05) is 6.54 Å². The fraction of sp³-hybridized carbons (Fsp3) is 0.462. The highest BCUT2D eigenvalue weighted by atomic mass is 16.3. The summed E-state index contributed by atoms with van der Waals surface area (Å²) in [5, 5.41) is 13.7. The minimum atomic E-state index is -0.572. The lowest BCUT2D eigenvalue weighted by molar-refractivity contribution is 0.126. The van der Waals surface area contributed by atoms with Gasteiger partial charge in [0.25, 0.3) is 0 Å². The fourth-order valence-electron chi connectivity index (χ4n) is 2.82. The Bertz CT molecular complexity index is 629. The summed E-state index contributed by atoms with van der Waals surface area (Å²) in [5.74, 6) is 0. The standard InChI is InChI=1S/C13H17N3O2/c1-2-14-10-6-7-16-11-8(12(10)17)4-3-5-9(11)15-13(16)18/h3-5,10,12,14,17H,2,6-7H2,1H3,(H,15,18). The van der Waals surface area contributed by atoms with E-state index in [-0.39, 0.29) is 11.7 Å². The van der Waals surface area contributed by atoms with Crippen LogP contribution in [0.15, 0.2) is 23.0 Å². The minimum absolute atomic E-state index is 0.0000926. The molecule has 2 atom stereocenters.